The van der Waals surface area contributed by atoms with E-state index in [1.807, 2.05) is 32.0 Å². The van der Waals surface area contributed by atoms with Crippen molar-refractivity contribution in [3.05, 3.63) is 58.6 Å². The monoisotopic (exact) mass is 400 g/mol. The molecule has 6 nitrogen and oxygen atoms in total. The molecule has 0 radical (unpaired) electrons. The average molecular weight is 401 g/mol. The minimum absolute atomic E-state index is 0.0678. The molecule has 1 atom stereocenters. The number of halogens is 1. The van der Waals surface area contributed by atoms with E-state index in [4.69, 9.17) is 16.3 Å². The van der Waals surface area contributed by atoms with Crippen molar-refractivity contribution in [3.63, 3.8) is 0 Å². The molecule has 2 aromatic rings. The van der Waals surface area contributed by atoms with Crippen LogP contribution in [0, 0.1) is 19.8 Å². The molecule has 0 spiro atoms. The third-order valence-electron chi connectivity index (χ3n) is 4.82. The van der Waals surface area contributed by atoms with Crippen molar-refractivity contribution < 1.29 is 19.1 Å². The van der Waals surface area contributed by atoms with Gasteiger partial charge in [-0.2, -0.15) is 0 Å². The van der Waals surface area contributed by atoms with Gasteiger partial charge in [0.25, 0.3) is 5.91 Å². The molecule has 1 aliphatic rings. The molecule has 2 amide bonds. The molecule has 0 aromatic heterocycles. The van der Waals surface area contributed by atoms with E-state index in [0.29, 0.717) is 10.7 Å². The Morgan fingerprint density at radius 2 is 1.93 bits per heavy atom. The van der Waals surface area contributed by atoms with Crippen molar-refractivity contribution >= 4 is 40.8 Å². The fourth-order valence-electron chi connectivity index (χ4n) is 3.13. The molecule has 0 unspecified atom stereocenters. The molecule has 0 saturated carbocycles. The van der Waals surface area contributed by atoms with Crippen LogP contribution in [0.15, 0.2) is 42.5 Å². The van der Waals surface area contributed by atoms with E-state index < -0.39 is 24.4 Å². The molecular formula is C21H21ClN2O4. The van der Waals surface area contributed by atoms with Crippen LogP contribution in [0.5, 0.6) is 0 Å². The number of amides is 2. The molecule has 0 bridgehead atoms. The number of esters is 1. The molecule has 1 N–H and O–H groups in total. The van der Waals surface area contributed by atoms with E-state index in [-0.39, 0.29) is 18.9 Å². The first kappa shape index (κ1) is 19.9. The maximum absolute atomic E-state index is 12.4. The number of hydrogen-bond acceptors (Lipinski definition) is 4. The maximum atomic E-state index is 12.4. The van der Waals surface area contributed by atoms with Crippen LogP contribution < -0.4 is 10.2 Å². The highest BCUT2D eigenvalue weighted by Crippen LogP contribution is 2.30. The SMILES string of the molecule is Cc1cccc(N2C[C@H](C(=O)OCC(=O)Nc3ccccc3Cl)CC2=O)c1C. The topological polar surface area (TPSA) is 75.7 Å². The summed E-state index contributed by atoms with van der Waals surface area (Å²) in [5, 5.41) is 2.98. The van der Waals surface area contributed by atoms with Crippen LogP contribution in [-0.2, 0) is 19.1 Å². The van der Waals surface area contributed by atoms with Crippen molar-refractivity contribution in [1.82, 2.24) is 0 Å². The number of carbonyl (C=O) groups excluding carboxylic acids is 3. The van der Waals surface area contributed by atoms with Crippen LogP contribution >= 0.6 is 11.6 Å². The second kappa shape index (κ2) is 8.44. The maximum Gasteiger partial charge on any atom is 0.311 e. The number of nitrogens with zero attached hydrogens (tertiary/aromatic N) is 1. The average Bonchev–Trinajstić information content (AvgIpc) is 3.05. The van der Waals surface area contributed by atoms with Gasteiger partial charge in [-0.05, 0) is 43.2 Å². The summed E-state index contributed by atoms with van der Waals surface area (Å²) < 4.78 is 5.11. The molecule has 1 fully saturated rings. The van der Waals surface area contributed by atoms with Crippen molar-refractivity contribution in [3.8, 4) is 0 Å². The third-order valence-corrected chi connectivity index (χ3v) is 5.15. The molecule has 0 aliphatic carbocycles. The number of anilines is 2. The van der Waals surface area contributed by atoms with Gasteiger partial charge in [-0.15, -0.1) is 0 Å². The van der Waals surface area contributed by atoms with Gasteiger partial charge in [0.05, 0.1) is 16.6 Å². The van der Waals surface area contributed by atoms with Crippen molar-refractivity contribution in [2.45, 2.75) is 20.3 Å². The van der Waals surface area contributed by atoms with Crippen LogP contribution in [0.4, 0.5) is 11.4 Å². The smallest absolute Gasteiger partial charge is 0.311 e. The predicted octanol–water partition coefficient (Wildman–Crippen LogP) is 3.49. The van der Waals surface area contributed by atoms with Crippen LogP contribution in [0.3, 0.4) is 0 Å². The third kappa shape index (κ3) is 4.34. The zero-order valence-electron chi connectivity index (χ0n) is 15.7. The van der Waals surface area contributed by atoms with Gasteiger partial charge in [0.15, 0.2) is 6.61 Å². The zero-order chi connectivity index (χ0) is 20.3. The molecular weight excluding hydrogens is 380 g/mol. The molecule has 28 heavy (non-hydrogen) atoms. The van der Waals surface area contributed by atoms with Crippen molar-refractivity contribution in [1.29, 1.82) is 0 Å². The summed E-state index contributed by atoms with van der Waals surface area (Å²) >= 11 is 5.98. The Bertz CT molecular complexity index is 928. The van der Waals surface area contributed by atoms with Gasteiger partial charge in [0, 0.05) is 18.7 Å². The summed E-state index contributed by atoms with van der Waals surface area (Å²) in [4.78, 5) is 38.3. The highest BCUT2D eigenvalue weighted by Gasteiger charge is 2.37. The summed E-state index contributed by atoms with van der Waals surface area (Å²) in [6, 6.07) is 12.5. The molecule has 2 aromatic carbocycles. The lowest BCUT2D eigenvalue weighted by molar-refractivity contribution is -0.151. The highest BCUT2D eigenvalue weighted by atomic mass is 35.5. The van der Waals surface area contributed by atoms with Gasteiger partial charge >= 0.3 is 5.97 Å². The standard InChI is InChI=1S/C21H21ClN2O4/c1-13-6-5-9-18(14(13)2)24-11-15(10-20(24)26)21(27)28-12-19(25)23-17-8-4-3-7-16(17)22/h3-9,15H,10-12H2,1-2H3,(H,23,25)/t15-/m1/s1. The Morgan fingerprint density at radius 1 is 1.18 bits per heavy atom. The van der Waals surface area contributed by atoms with E-state index >= 15 is 0 Å². The first-order chi connectivity index (χ1) is 13.4. The lowest BCUT2D eigenvalue weighted by atomic mass is 10.1. The molecule has 1 aliphatic heterocycles. The lowest BCUT2D eigenvalue weighted by Gasteiger charge is -2.20. The Labute approximate surface area is 168 Å². The molecule has 1 saturated heterocycles. The first-order valence-corrected chi connectivity index (χ1v) is 9.32. The largest absolute Gasteiger partial charge is 0.455 e. The Kier molecular flexibility index (Phi) is 5.99. The number of aryl methyl sites for hydroxylation is 1. The number of rotatable bonds is 5. The van der Waals surface area contributed by atoms with Crippen LogP contribution in [0.25, 0.3) is 0 Å². The fraction of sp³-hybridized carbons (Fsp3) is 0.286. The van der Waals surface area contributed by atoms with Crippen LogP contribution in [0.1, 0.15) is 17.5 Å². The van der Waals surface area contributed by atoms with Crippen molar-refractivity contribution in [2.75, 3.05) is 23.4 Å². The number of benzene rings is 2. The van der Waals surface area contributed by atoms with Gasteiger partial charge < -0.3 is 15.0 Å². The highest BCUT2D eigenvalue weighted by molar-refractivity contribution is 6.33. The summed E-state index contributed by atoms with van der Waals surface area (Å²) in [5.74, 6) is -1.77. The zero-order valence-corrected chi connectivity index (χ0v) is 16.5. The summed E-state index contributed by atoms with van der Waals surface area (Å²) in [6.07, 6.45) is 0.0678. The minimum atomic E-state index is -0.597. The van der Waals surface area contributed by atoms with E-state index in [1.165, 1.54) is 0 Å². The minimum Gasteiger partial charge on any atom is -0.455 e. The van der Waals surface area contributed by atoms with E-state index in [2.05, 4.69) is 5.32 Å². The van der Waals surface area contributed by atoms with Crippen LogP contribution in [-0.4, -0.2) is 30.9 Å². The van der Waals surface area contributed by atoms with E-state index in [9.17, 15) is 14.4 Å². The number of para-hydroxylation sites is 1. The Hall–Kier alpha value is -2.86. The van der Waals surface area contributed by atoms with Gasteiger partial charge in [0.1, 0.15) is 0 Å². The number of carbonyl (C=O) groups is 3. The Balaban J connectivity index is 1.57. The van der Waals surface area contributed by atoms with Crippen molar-refractivity contribution in [2.24, 2.45) is 5.92 Å². The molecule has 3 rings (SSSR count). The van der Waals surface area contributed by atoms with Gasteiger partial charge in [-0.3, -0.25) is 14.4 Å². The normalized spacial score (nSPS) is 16.2. The second-order valence-corrected chi connectivity index (χ2v) is 7.17. The van der Waals surface area contributed by atoms with E-state index in [0.717, 1.165) is 16.8 Å². The number of nitrogens with one attached hydrogen (secondary N) is 1. The molecule has 7 heteroatoms. The predicted molar refractivity (Wildman–Crippen MR) is 107 cm³/mol. The molecule has 146 valence electrons. The quantitative estimate of drug-likeness (QED) is 0.779. The van der Waals surface area contributed by atoms with Crippen LogP contribution in [0.2, 0.25) is 5.02 Å². The van der Waals surface area contributed by atoms with E-state index in [1.54, 1.807) is 29.2 Å². The van der Waals surface area contributed by atoms with Gasteiger partial charge in [-0.25, -0.2) is 0 Å². The summed E-state index contributed by atoms with van der Waals surface area (Å²) in [7, 11) is 0. The number of hydrogen-bond donors (Lipinski definition) is 1. The second-order valence-electron chi connectivity index (χ2n) is 6.76. The number of ether oxygens (including phenoxy) is 1. The van der Waals surface area contributed by atoms with Gasteiger partial charge in [0.2, 0.25) is 5.91 Å². The Morgan fingerprint density at radius 3 is 2.68 bits per heavy atom. The molecule has 1 heterocycles. The lowest BCUT2D eigenvalue weighted by Crippen LogP contribution is -2.28. The fourth-order valence-corrected chi connectivity index (χ4v) is 3.31. The summed E-state index contributed by atoms with van der Waals surface area (Å²) in [6.45, 7) is 3.73. The van der Waals surface area contributed by atoms with Gasteiger partial charge in [-0.1, -0.05) is 35.9 Å². The first-order valence-electron chi connectivity index (χ1n) is 8.94. The summed E-state index contributed by atoms with van der Waals surface area (Å²) in [5.41, 5.74) is 3.33.